The number of rotatable bonds is 4. The van der Waals surface area contributed by atoms with E-state index >= 15 is 0 Å². The van der Waals surface area contributed by atoms with E-state index in [-0.39, 0.29) is 11.6 Å². The molecular formula is C16H23ClN4O. The van der Waals surface area contributed by atoms with Crippen LogP contribution in [0.3, 0.4) is 0 Å². The van der Waals surface area contributed by atoms with Crippen LogP contribution >= 0.6 is 11.6 Å². The number of ether oxygens (including phenoxy) is 1. The molecule has 0 fully saturated rings. The summed E-state index contributed by atoms with van der Waals surface area (Å²) in [5, 5.41) is 2.66. The first kappa shape index (κ1) is 16.9. The number of fused-ring (bicyclic) bond motifs is 1. The summed E-state index contributed by atoms with van der Waals surface area (Å²) in [4.78, 5) is 9.24. The minimum Gasteiger partial charge on any atom is -0.480 e. The maximum Gasteiger partial charge on any atom is 0.237 e. The van der Waals surface area contributed by atoms with Crippen molar-refractivity contribution in [1.29, 1.82) is 0 Å². The molecule has 6 heteroatoms. The van der Waals surface area contributed by atoms with E-state index in [0.717, 1.165) is 16.7 Å². The summed E-state index contributed by atoms with van der Waals surface area (Å²) in [7, 11) is 3.60. The SMILES string of the molecule is COc1nc2ccc(Cl)cc2nc1[C@H](C)N(C)NC(C)(C)C. The maximum atomic E-state index is 6.05. The Morgan fingerprint density at radius 2 is 1.91 bits per heavy atom. The lowest BCUT2D eigenvalue weighted by Gasteiger charge is -2.33. The maximum absolute atomic E-state index is 6.05. The standard InChI is InChI=1S/C16H23ClN4O/c1-10(21(5)20-16(2,3)4)14-15(22-6)19-12-8-7-11(17)9-13(12)18-14/h7-10,20H,1-6H3/t10-/m0/s1. The van der Waals surface area contributed by atoms with Gasteiger partial charge < -0.3 is 4.74 Å². The van der Waals surface area contributed by atoms with Crippen LogP contribution in [0, 0.1) is 0 Å². The summed E-state index contributed by atoms with van der Waals surface area (Å²) in [5.74, 6) is 0.532. The molecule has 1 N–H and O–H groups in total. The molecule has 0 amide bonds. The number of nitrogens with one attached hydrogen (secondary N) is 1. The van der Waals surface area contributed by atoms with Crippen molar-refractivity contribution >= 4 is 22.6 Å². The number of hydrogen-bond donors (Lipinski definition) is 1. The van der Waals surface area contributed by atoms with Crippen LogP contribution in [0.25, 0.3) is 11.0 Å². The third-order valence-corrected chi connectivity index (χ3v) is 3.54. The van der Waals surface area contributed by atoms with Crippen LogP contribution in [0.1, 0.15) is 39.4 Å². The van der Waals surface area contributed by atoms with E-state index in [0.29, 0.717) is 10.9 Å². The van der Waals surface area contributed by atoms with E-state index in [2.05, 4.69) is 38.1 Å². The van der Waals surface area contributed by atoms with Gasteiger partial charge in [0.2, 0.25) is 5.88 Å². The predicted octanol–water partition coefficient (Wildman–Crippen LogP) is 3.59. The second-order valence-electron chi connectivity index (χ2n) is 6.40. The van der Waals surface area contributed by atoms with Gasteiger partial charge in [-0.15, -0.1) is 0 Å². The molecule has 22 heavy (non-hydrogen) atoms. The first-order valence-corrected chi connectivity index (χ1v) is 7.61. The van der Waals surface area contributed by atoms with Crippen molar-refractivity contribution in [3.63, 3.8) is 0 Å². The molecule has 1 aromatic heterocycles. The lowest BCUT2D eigenvalue weighted by atomic mass is 10.1. The Hall–Kier alpha value is -1.43. The van der Waals surface area contributed by atoms with E-state index in [1.807, 2.05) is 24.2 Å². The summed E-state index contributed by atoms with van der Waals surface area (Å²) >= 11 is 6.05. The molecule has 2 rings (SSSR count). The fourth-order valence-electron chi connectivity index (χ4n) is 2.26. The molecule has 0 spiro atoms. The highest BCUT2D eigenvalue weighted by Crippen LogP contribution is 2.28. The molecule has 1 aromatic carbocycles. The molecule has 120 valence electrons. The summed E-state index contributed by atoms with van der Waals surface area (Å²) in [5.41, 5.74) is 5.68. The minimum atomic E-state index is -0.0379. The van der Waals surface area contributed by atoms with Gasteiger partial charge in [-0.1, -0.05) is 11.6 Å². The van der Waals surface area contributed by atoms with Gasteiger partial charge in [-0.3, -0.25) is 0 Å². The Labute approximate surface area is 136 Å². The van der Waals surface area contributed by atoms with Crippen molar-refractivity contribution in [1.82, 2.24) is 20.4 Å². The molecule has 0 radical (unpaired) electrons. The van der Waals surface area contributed by atoms with Crippen LogP contribution < -0.4 is 10.2 Å². The first-order chi connectivity index (χ1) is 10.2. The van der Waals surface area contributed by atoms with Gasteiger partial charge in [-0.2, -0.15) is 0 Å². The van der Waals surface area contributed by atoms with Gasteiger partial charge in [-0.05, 0) is 45.9 Å². The number of hydrazine groups is 1. The van der Waals surface area contributed by atoms with Gasteiger partial charge >= 0.3 is 0 Å². The average Bonchev–Trinajstić information content (AvgIpc) is 2.43. The molecule has 5 nitrogen and oxygen atoms in total. The van der Waals surface area contributed by atoms with Crippen LogP contribution in [0.15, 0.2) is 18.2 Å². The molecule has 1 heterocycles. The molecule has 0 aliphatic heterocycles. The van der Waals surface area contributed by atoms with Gasteiger partial charge in [0.25, 0.3) is 0 Å². The van der Waals surface area contributed by atoms with Crippen LogP contribution in [-0.4, -0.2) is 34.7 Å². The normalized spacial score (nSPS) is 13.6. The Morgan fingerprint density at radius 1 is 1.23 bits per heavy atom. The number of hydrogen-bond acceptors (Lipinski definition) is 5. The smallest absolute Gasteiger partial charge is 0.237 e. The fraction of sp³-hybridized carbons (Fsp3) is 0.500. The molecule has 0 unspecified atom stereocenters. The lowest BCUT2D eigenvalue weighted by Crippen LogP contribution is -2.48. The van der Waals surface area contributed by atoms with Gasteiger partial charge in [0.05, 0.1) is 24.2 Å². The van der Waals surface area contributed by atoms with Crippen molar-refractivity contribution in [3.05, 3.63) is 28.9 Å². The largest absolute Gasteiger partial charge is 0.480 e. The highest BCUT2D eigenvalue weighted by Gasteiger charge is 2.23. The number of halogens is 1. The quantitative estimate of drug-likeness (QED) is 0.872. The number of methoxy groups -OCH3 is 1. The molecular weight excluding hydrogens is 300 g/mol. The number of aromatic nitrogens is 2. The zero-order chi connectivity index (χ0) is 16.5. The highest BCUT2D eigenvalue weighted by molar-refractivity contribution is 6.31. The van der Waals surface area contributed by atoms with Crippen molar-refractivity contribution < 1.29 is 4.74 Å². The third-order valence-electron chi connectivity index (χ3n) is 3.30. The van der Waals surface area contributed by atoms with E-state index < -0.39 is 0 Å². The summed E-state index contributed by atoms with van der Waals surface area (Å²) in [6.07, 6.45) is 0. The molecule has 0 saturated heterocycles. The van der Waals surface area contributed by atoms with Crippen molar-refractivity contribution in [2.75, 3.05) is 14.2 Å². The minimum absolute atomic E-state index is 0.00921. The van der Waals surface area contributed by atoms with Crippen molar-refractivity contribution in [2.45, 2.75) is 39.3 Å². The Morgan fingerprint density at radius 3 is 2.50 bits per heavy atom. The third kappa shape index (κ3) is 3.85. The topological polar surface area (TPSA) is 50.3 Å². The fourth-order valence-corrected chi connectivity index (χ4v) is 2.42. The second-order valence-corrected chi connectivity index (χ2v) is 6.84. The highest BCUT2D eigenvalue weighted by atomic mass is 35.5. The van der Waals surface area contributed by atoms with Gasteiger partial charge in [-0.25, -0.2) is 20.4 Å². The van der Waals surface area contributed by atoms with E-state index in [4.69, 9.17) is 21.3 Å². The Bertz CT molecular complexity index is 669. The number of benzene rings is 1. The number of nitrogens with zero attached hydrogens (tertiary/aromatic N) is 3. The molecule has 2 aromatic rings. The Balaban J connectivity index is 2.43. The van der Waals surface area contributed by atoms with Crippen LogP contribution in [0.2, 0.25) is 5.02 Å². The Kier molecular flexibility index (Phi) is 4.90. The van der Waals surface area contributed by atoms with Gasteiger partial charge in [0, 0.05) is 17.6 Å². The predicted molar refractivity (Wildman–Crippen MR) is 90.2 cm³/mol. The zero-order valence-corrected chi connectivity index (χ0v) is 14.7. The molecule has 0 aliphatic rings. The van der Waals surface area contributed by atoms with Crippen LogP contribution in [0.4, 0.5) is 0 Å². The van der Waals surface area contributed by atoms with E-state index in [1.165, 1.54) is 0 Å². The van der Waals surface area contributed by atoms with E-state index in [1.54, 1.807) is 13.2 Å². The molecule has 0 bridgehead atoms. The average molecular weight is 323 g/mol. The van der Waals surface area contributed by atoms with Gasteiger partial charge in [0.1, 0.15) is 5.69 Å². The first-order valence-electron chi connectivity index (χ1n) is 7.23. The lowest BCUT2D eigenvalue weighted by molar-refractivity contribution is 0.113. The van der Waals surface area contributed by atoms with Crippen LogP contribution in [-0.2, 0) is 0 Å². The van der Waals surface area contributed by atoms with Gasteiger partial charge in [0.15, 0.2) is 0 Å². The monoisotopic (exact) mass is 322 g/mol. The molecule has 0 saturated carbocycles. The second kappa shape index (κ2) is 6.36. The molecule has 0 aliphatic carbocycles. The van der Waals surface area contributed by atoms with E-state index in [9.17, 15) is 0 Å². The summed E-state index contributed by atoms with van der Waals surface area (Å²) in [6, 6.07) is 5.45. The summed E-state index contributed by atoms with van der Waals surface area (Å²) < 4.78 is 5.42. The van der Waals surface area contributed by atoms with Crippen molar-refractivity contribution in [3.8, 4) is 5.88 Å². The van der Waals surface area contributed by atoms with Crippen molar-refractivity contribution in [2.24, 2.45) is 0 Å². The summed E-state index contributed by atoms with van der Waals surface area (Å²) in [6.45, 7) is 8.39. The zero-order valence-electron chi connectivity index (χ0n) is 13.9. The molecule has 1 atom stereocenters. The van der Waals surface area contributed by atoms with Crippen LogP contribution in [0.5, 0.6) is 5.88 Å².